The number of carbonyl (C=O) groups is 1. The topological polar surface area (TPSA) is 79.7 Å². The first kappa shape index (κ1) is 19.8. The molecule has 0 bridgehead atoms. The molecule has 154 valence electrons. The molecule has 1 amide bonds. The number of nitrogens with zero attached hydrogens (tertiary/aromatic N) is 4. The zero-order valence-corrected chi connectivity index (χ0v) is 17.0. The second-order valence-electron chi connectivity index (χ2n) is 7.23. The van der Waals surface area contributed by atoms with Gasteiger partial charge in [0.2, 0.25) is 5.91 Å². The van der Waals surface area contributed by atoms with Gasteiger partial charge in [0.05, 0.1) is 18.3 Å². The normalized spacial score (nSPS) is 14.2. The summed E-state index contributed by atoms with van der Waals surface area (Å²) in [6, 6.07) is 15.5. The molecule has 3 aromatic rings. The highest BCUT2D eigenvalue weighted by atomic mass is 16.5. The van der Waals surface area contributed by atoms with Crippen LogP contribution in [0.2, 0.25) is 0 Å². The fourth-order valence-corrected chi connectivity index (χ4v) is 3.61. The van der Waals surface area contributed by atoms with E-state index in [2.05, 4.69) is 20.5 Å². The first-order chi connectivity index (χ1) is 14.7. The van der Waals surface area contributed by atoms with Crippen LogP contribution in [0.4, 0.5) is 5.82 Å². The quantitative estimate of drug-likeness (QED) is 0.479. The standard InChI is InChI=1S/C23H25N5O2/c1-30-18-10-8-17(9-11-18)20(12-13-22(29)28-14-4-5-15-28)26-27-23-19-6-2-3-7-21(19)24-16-25-23/h2-3,6-11,16H,4-5,12-15H2,1H3,(H,24,25,27). The lowest BCUT2D eigenvalue weighted by molar-refractivity contribution is -0.129. The lowest BCUT2D eigenvalue weighted by Crippen LogP contribution is -2.28. The van der Waals surface area contributed by atoms with Crippen LogP contribution in [0.15, 0.2) is 60.0 Å². The number of methoxy groups -OCH3 is 1. The number of hydrogen-bond acceptors (Lipinski definition) is 6. The molecule has 0 spiro atoms. The van der Waals surface area contributed by atoms with Gasteiger partial charge >= 0.3 is 0 Å². The van der Waals surface area contributed by atoms with Gasteiger partial charge in [-0.3, -0.25) is 10.2 Å². The van der Waals surface area contributed by atoms with E-state index in [0.717, 1.165) is 53.9 Å². The Hall–Kier alpha value is -3.48. The van der Waals surface area contributed by atoms with E-state index in [9.17, 15) is 4.79 Å². The van der Waals surface area contributed by atoms with E-state index >= 15 is 0 Å². The molecule has 1 N–H and O–H groups in total. The SMILES string of the molecule is COc1ccc(C(CCC(=O)N2CCCC2)=NNc2ncnc3ccccc23)cc1. The molecule has 1 aliphatic rings. The number of carbonyl (C=O) groups excluding carboxylic acids is 1. The summed E-state index contributed by atoms with van der Waals surface area (Å²) in [6.07, 6.45) is 4.67. The number of nitrogens with one attached hydrogen (secondary N) is 1. The third kappa shape index (κ3) is 4.56. The number of anilines is 1. The van der Waals surface area contributed by atoms with Gasteiger partial charge in [-0.15, -0.1) is 0 Å². The van der Waals surface area contributed by atoms with Crippen molar-refractivity contribution in [3.8, 4) is 5.75 Å². The van der Waals surface area contributed by atoms with E-state index in [-0.39, 0.29) is 5.91 Å². The number of rotatable bonds is 7. The minimum Gasteiger partial charge on any atom is -0.497 e. The molecule has 0 saturated carbocycles. The monoisotopic (exact) mass is 403 g/mol. The number of amides is 1. The fourth-order valence-electron chi connectivity index (χ4n) is 3.61. The average molecular weight is 403 g/mol. The number of para-hydroxylation sites is 1. The maximum atomic E-state index is 12.5. The van der Waals surface area contributed by atoms with Gasteiger partial charge in [-0.2, -0.15) is 5.10 Å². The number of hydrogen-bond donors (Lipinski definition) is 1. The Balaban J connectivity index is 1.57. The number of aromatic nitrogens is 2. The van der Waals surface area contributed by atoms with E-state index in [1.807, 2.05) is 53.4 Å². The zero-order valence-electron chi connectivity index (χ0n) is 17.0. The van der Waals surface area contributed by atoms with E-state index in [4.69, 9.17) is 4.74 Å². The van der Waals surface area contributed by atoms with Crippen LogP contribution >= 0.6 is 0 Å². The molecule has 0 atom stereocenters. The first-order valence-corrected chi connectivity index (χ1v) is 10.2. The summed E-state index contributed by atoms with van der Waals surface area (Å²) in [5.41, 5.74) is 5.68. The Morgan fingerprint density at radius 1 is 1.07 bits per heavy atom. The summed E-state index contributed by atoms with van der Waals surface area (Å²) in [5.74, 6) is 1.60. The molecule has 0 aliphatic carbocycles. The number of benzene rings is 2. The zero-order chi connectivity index (χ0) is 20.8. The molecule has 0 unspecified atom stereocenters. The molecule has 7 nitrogen and oxygen atoms in total. The van der Waals surface area contributed by atoms with Crippen LogP contribution in [0, 0.1) is 0 Å². The molecule has 1 aromatic heterocycles. The Morgan fingerprint density at radius 3 is 2.60 bits per heavy atom. The average Bonchev–Trinajstić information content (AvgIpc) is 3.34. The second kappa shape index (κ2) is 9.35. The third-order valence-electron chi connectivity index (χ3n) is 5.30. The maximum Gasteiger partial charge on any atom is 0.222 e. The molecule has 1 fully saturated rings. The molecule has 7 heteroatoms. The minimum absolute atomic E-state index is 0.182. The van der Waals surface area contributed by atoms with E-state index in [1.165, 1.54) is 6.33 Å². The van der Waals surface area contributed by atoms with E-state index in [1.54, 1.807) is 7.11 Å². The lowest BCUT2D eigenvalue weighted by atomic mass is 10.1. The van der Waals surface area contributed by atoms with Gasteiger partial charge in [-0.1, -0.05) is 12.1 Å². The summed E-state index contributed by atoms with van der Waals surface area (Å²) >= 11 is 0. The van der Waals surface area contributed by atoms with Crippen molar-refractivity contribution in [3.05, 3.63) is 60.4 Å². The predicted octanol–water partition coefficient (Wildman–Crippen LogP) is 3.86. The van der Waals surface area contributed by atoms with Crippen molar-refractivity contribution >= 4 is 28.3 Å². The predicted molar refractivity (Wildman–Crippen MR) is 118 cm³/mol. The van der Waals surface area contributed by atoms with Crippen molar-refractivity contribution in [1.29, 1.82) is 0 Å². The van der Waals surface area contributed by atoms with Crippen molar-refractivity contribution in [2.24, 2.45) is 5.10 Å². The fraction of sp³-hybridized carbons (Fsp3) is 0.304. The van der Waals surface area contributed by atoms with Crippen LogP contribution in [-0.4, -0.2) is 46.7 Å². The maximum absolute atomic E-state index is 12.5. The Morgan fingerprint density at radius 2 is 1.83 bits per heavy atom. The molecule has 4 rings (SSSR count). The van der Waals surface area contributed by atoms with E-state index in [0.29, 0.717) is 18.7 Å². The van der Waals surface area contributed by atoms with Crippen LogP contribution in [-0.2, 0) is 4.79 Å². The van der Waals surface area contributed by atoms with Gasteiger partial charge in [-0.25, -0.2) is 9.97 Å². The first-order valence-electron chi connectivity index (χ1n) is 10.2. The minimum atomic E-state index is 0.182. The number of ether oxygens (including phenoxy) is 1. The molecule has 30 heavy (non-hydrogen) atoms. The summed E-state index contributed by atoms with van der Waals surface area (Å²) in [7, 11) is 1.64. The lowest BCUT2D eigenvalue weighted by Gasteiger charge is -2.16. The van der Waals surface area contributed by atoms with Crippen LogP contribution in [0.3, 0.4) is 0 Å². The van der Waals surface area contributed by atoms with Crippen molar-refractivity contribution in [1.82, 2.24) is 14.9 Å². The molecule has 2 aromatic carbocycles. The summed E-state index contributed by atoms with van der Waals surface area (Å²) in [5, 5.41) is 5.53. The molecular formula is C23H25N5O2. The van der Waals surface area contributed by atoms with Crippen LogP contribution in [0.1, 0.15) is 31.2 Å². The van der Waals surface area contributed by atoms with Crippen LogP contribution in [0.25, 0.3) is 10.9 Å². The van der Waals surface area contributed by atoms with Gasteiger partial charge in [0.15, 0.2) is 5.82 Å². The van der Waals surface area contributed by atoms with Crippen LogP contribution < -0.4 is 10.2 Å². The highest BCUT2D eigenvalue weighted by molar-refractivity contribution is 6.03. The van der Waals surface area contributed by atoms with Gasteiger partial charge in [0.25, 0.3) is 0 Å². The molecule has 2 heterocycles. The number of fused-ring (bicyclic) bond motifs is 1. The highest BCUT2D eigenvalue weighted by Crippen LogP contribution is 2.20. The highest BCUT2D eigenvalue weighted by Gasteiger charge is 2.18. The second-order valence-corrected chi connectivity index (χ2v) is 7.23. The van der Waals surface area contributed by atoms with Gasteiger partial charge in [0, 0.05) is 31.3 Å². The van der Waals surface area contributed by atoms with Crippen molar-refractivity contribution in [2.75, 3.05) is 25.6 Å². The van der Waals surface area contributed by atoms with Crippen LogP contribution in [0.5, 0.6) is 5.75 Å². The van der Waals surface area contributed by atoms with Crippen molar-refractivity contribution in [3.63, 3.8) is 0 Å². The van der Waals surface area contributed by atoms with Gasteiger partial charge in [0.1, 0.15) is 12.1 Å². The summed E-state index contributed by atoms with van der Waals surface area (Å²) in [6.45, 7) is 1.72. The Kier molecular flexibility index (Phi) is 6.17. The van der Waals surface area contributed by atoms with Gasteiger partial charge < -0.3 is 9.64 Å². The van der Waals surface area contributed by atoms with E-state index < -0.39 is 0 Å². The molecule has 0 radical (unpaired) electrons. The number of likely N-dealkylation sites (tertiary alicyclic amines) is 1. The summed E-state index contributed by atoms with van der Waals surface area (Å²) < 4.78 is 5.26. The summed E-state index contributed by atoms with van der Waals surface area (Å²) in [4.78, 5) is 23.1. The van der Waals surface area contributed by atoms with Crippen molar-refractivity contribution in [2.45, 2.75) is 25.7 Å². The number of hydrazone groups is 1. The largest absolute Gasteiger partial charge is 0.497 e. The molecule has 1 saturated heterocycles. The molecule has 1 aliphatic heterocycles. The Bertz CT molecular complexity index is 1040. The third-order valence-corrected chi connectivity index (χ3v) is 5.30. The Labute approximate surface area is 175 Å². The molecular weight excluding hydrogens is 378 g/mol. The van der Waals surface area contributed by atoms with Crippen molar-refractivity contribution < 1.29 is 9.53 Å². The smallest absolute Gasteiger partial charge is 0.222 e. The van der Waals surface area contributed by atoms with Gasteiger partial charge in [-0.05, 0) is 54.8 Å².